The van der Waals surface area contributed by atoms with Gasteiger partial charge in [0.05, 0.1) is 6.61 Å². The molecule has 3 rings (SSSR count). The molecule has 5 heteroatoms. The number of rotatable bonds is 3. The lowest BCUT2D eigenvalue weighted by atomic mass is 10.1. The maximum absolute atomic E-state index is 11.7. The maximum atomic E-state index is 11.7. The van der Waals surface area contributed by atoms with Crippen molar-refractivity contribution >= 4 is 28.1 Å². The molecule has 3 aromatic rings. The molecule has 0 saturated heterocycles. The Hall–Kier alpha value is -2.27. The number of hydrogen-bond donors (Lipinski definition) is 0. The second-order valence-corrected chi connectivity index (χ2v) is 5.02. The second-order valence-electron chi connectivity index (χ2n) is 4.17. The van der Waals surface area contributed by atoms with Crippen molar-refractivity contribution in [1.29, 1.82) is 0 Å². The zero-order valence-corrected chi connectivity index (χ0v) is 11.7. The molecular formula is C15H12N2O2S. The Morgan fingerprint density at radius 3 is 3.00 bits per heavy atom. The molecule has 0 aliphatic heterocycles. The van der Waals surface area contributed by atoms with Crippen LogP contribution in [0.3, 0.4) is 0 Å². The Kier molecular flexibility index (Phi) is 3.43. The van der Waals surface area contributed by atoms with E-state index in [9.17, 15) is 4.79 Å². The number of fused-ring (bicyclic) bond motifs is 1. The molecule has 1 aromatic carbocycles. The Balaban J connectivity index is 2.06. The summed E-state index contributed by atoms with van der Waals surface area (Å²) in [6, 6.07) is 7.98. The lowest BCUT2D eigenvalue weighted by Gasteiger charge is -2.02. The maximum Gasteiger partial charge on any atom is 0.357 e. The van der Waals surface area contributed by atoms with E-state index in [1.54, 1.807) is 18.5 Å². The molecule has 2 aromatic heterocycles. The number of pyridine rings is 1. The number of carbonyl (C=O) groups is 1. The van der Waals surface area contributed by atoms with Gasteiger partial charge in [0.25, 0.3) is 0 Å². The first-order valence-electron chi connectivity index (χ1n) is 6.25. The Bertz CT molecular complexity index is 762. The number of carbonyl (C=O) groups excluding carboxylic acids is 1. The molecule has 0 bridgehead atoms. The number of aromatic nitrogens is 2. The molecule has 0 unspecified atom stereocenters. The second kappa shape index (κ2) is 5.38. The van der Waals surface area contributed by atoms with Crippen LogP contribution in [0, 0.1) is 0 Å². The van der Waals surface area contributed by atoms with Gasteiger partial charge in [0, 0.05) is 28.7 Å². The van der Waals surface area contributed by atoms with Crippen molar-refractivity contribution in [2.75, 3.05) is 6.61 Å². The Morgan fingerprint density at radius 2 is 2.15 bits per heavy atom. The molecule has 20 heavy (non-hydrogen) atoms. The van der Waals surface area contributed by atoms with Crippen LogP contribution < -0.4 is 0 Å². The third kappa shape index (κ3) is 2.28. The standard InChI is InChI=1S/C15H12N2O2S/c1-2-19-15(18)13-9-20-14(17-13)12-8-16-7-10-5-3-4-6-11(10)12/h3-9H,2H2,1H3. The van der Waals surface area contributed by atoms with Crippen molar-refractivity contribution in [2.45, 2.75) is 6.92 Å². The summed E-state index contributed by atoms with van der Waals surface area (Å²) >= 11 is 1.42. The molecule has 0 N–H and O–H groups in total. The summed E-state index contributed by atoms with van der Waals surface area (Å²) in [7, 11) is 0. The molecule has 0 amide bonds. The highest BCUT2D eigenvalue weighted by atomic mass is 32.1. The first-order chi connectivity index (χ1) is 9.79. The van der Waals surface area contributed by atoms with E-state index in [4.69, 9.17) is 4.74 Å². The first kappa shape index (κ1) is 12.7. The largest absolute Gasteiger partial charge is 0.461 e. The van der Waals surface area contributed by atoms with Crippen molar-refractivity contribution in [2.24, 2.45) is 0 Å². The van der Waals surface area contributed by atoms with Crippen molar-refractivity contribution < 1.29 is 9.53 Å². The molecule has 0 spiro atoms. The highest BCUT2D eigenvalue weighted by Gasteiger charge is 2.14. The Morgan fingerprint density at radius 1 is 1.30 bits per heavy atom. The van der Waals surface area contributed by atoms with Gasteiger partial charge in [-0.05, 0) is 12.3 Å². The molecule has 100 valence electrons. The third-order valence-corrected chi connectivity index (χ3v) is 3.76. The number of ether oxygens (including phenoxy) is 1. The highest BCUT2D eigenvalue weighted by Crippen LogP contribution is 2.30. The fraction of sp³-hybridized carbons (Fsp3) is 0.133. The molecule has 0 fully saturated rings. The summed E-state index contributed by atoms with van der Waals surface area (Å²) in [5, 5.41) is 4.62. The number of thiazole rings is 1. The topological polar surface area (TPSA) is 52.1 Å². The van der Waals surface area contributed by atoms with Crippen LogP contribution in [0.5, 0.6) is 0 Å². The Labute approximate surface area is 120 Å². The van der Waals surface area contributed by atoms with Gasteiger partial charge < -0.3 is 4.74 Å². The predicted octanol–water partition coefficient (Wildman–Crippen LogP) is 3.54. The summed E-state index contributed by atoms with van der Waals surface area (Å²) in [4.78, 5) is 20.2. The van der Waals surface area contributed by atoms with Crippen molar-refractivity contribution in [1.82, 2.24) is 9.97 Å². The monoisotopic (exact) mass is 284 g/mol. The van der Waals surface area contributed by atoms with Gasteiger partial charge in [-0.2, -0.15) is 0 Å². The summed E-state index contributed by atoms with van der Waals surface area (Å²) in [5.74, 6) is -0.386. The van der Waals surface area contributed by atoms with E-state index >= 15 is 0 Å². The van der Waals surface area contributed by atoms with Crippen LogP contribution in [0.15, 0.2) is 42.0 Å². The van der Waals surface area contributed by atoms with Gasteiger partial charge in [0.1, 0.15) is 5.01 Å². The quantitative estimate of drug-likeness (QED) is 0.690. The van der Waals surface area contributed by atoms with Gasteiger partial charge >= 0.3 is 5.97 Å². The molecule has 2 heterocycles. The molecular weight excluding hydrogens is 272 g/mol. The van der Waals surface area contributed by atoms with E-state index in [1.165, 1.54) is 11.3 Å². The third-order valence-electron chi connectivity index (χ3n) is 2.89. The summed E-state index contributed by atoms with van der Waals surface area (Å²) in [5.41, 5.74) is 1.28. The van der Waals surface area contributed by atoms with E-state index in [1.807, 2.05) is 30.5 Å². The van der Waals surface area contributed by atoms with Crippen molar-refractivity contribution in [3.8, 4) is 10.6 Å². The number of nitrogens with zero attached hydrogens (tertiary/aromatic N) is 2. The van der Waals surface area contributed by atoms with Crippen LogP contribution in [-0.4, -0.2) is 22.5 Å². The van der Waals surface area contributed by atoms with Crippen molar-refractivity contribution in [3.05, 3.63) is 47.7 Å². The van der Waals surface area contributed by atoms with E-state index < -0.39 is 0 Å². The fourth-order valence-corrected chi connectivity index (χ4v) is 2.80. The number of esters is 1. The SMILES string of the molecule is CCOC(=O)c1csc(-c2cncc3ccccc23)n1. The number of benzene rings is 1. The molecule has 4 nitrogen and oxygen atoms in total. The highest BCUT2D eigenvalue weighted by molar-refractivity contribution is 7.13. The van der Waals surface area contributed by atoms with Crippen LogP contribution in [0.4, 0.5) is 0 Å². The summed E-state index contributed by atoms with van der Waals surface area (Å²) in [6.45, 7) is 2.13. The van der Waals surface area contributed by atoms with Gasteiger partial charge in [0.2, 0.25) is 0 Å². The molecule has 0 saturated carbocycles. The van der Waals surface area contributed by atoms with Crippen LogP contribution in [0.2, 0.25) is 0 Å². The lowest BCUT2D eigenvalue weighted by Crippen LogP contribution is -2.04. The molecule has 0 aliphatic carbocycles. The average molecular weight is 284 g/mol. The van der Waals surface area contributed by atoms with Gasteiger partial charge in [-0.15, -0.1) is 11.3 Å². The van der Waals surface area contributed by atoms with Gasteiger partial charge in [0.15, 0.2) is 5.69 Å². The van der Waals surface area contributed by atoms with E-state index in [0.29, 0.717) is 12.3 Å². The van der Waals surface area contributed by atoms with Gasteiger partial charge in [-0.25, -0.2) is 9.78 Å². The number of hydrogen-bond acceptors (Lipinski definition) is 5. The normalized spacial score (nSPS) is 10.7. The van der Waals surface area contributed by atoms with Gasteiger partial charge in [-0.3, -0.25) is 4.98 Å². The zero-order valence-electron chi connectivity index (χ0n) is 10.9. The minimum Gasteiger partial charge on any atom is -0.461 e. The van der Waals surface area contributed by atoms with E-state index in [0.717, 1.165) is 21.3 Å². The minimum atomic E-state index is -0.386. The zero-order chi connectivity index (χ0) is 13.9. The van der Waals surface area contributed by atoms with Crippen LogP contribution in [-0.2, 0) is 4.74 Å². The molecule has 0 radical (unpaired) electrons. The lowest BCUT2D eigenvalue weighted by molar-refractivity contribution is 0.0520. The van der Waals surface area contributed by atoms with Crippen LogP contribution >= 0.6 is 11.3 Å². The van der Waals surface area contributed by atoms with Crippen LogP contribution in [0.1, 0.15) is 17.4 Å². The van der Waals surface area contributed by atoms with Gasteiger partial charge in [-0.1, -0.05) is 24.3 Å². The average Bonchev–Trinajstić information content (AvgIpc) is 2.97. The minimum absolute atomic E-state index is 0.347. The first-order valence-corrected chi connectivity index (χ1v) is 7.13. The summed E-state index contributed by atoms with van der Waals surface area (Å²) < 4.78 is 4.95. The predicted molar refractivity (Wildman–Crippen MR) is 78.8 cm³/mol. The van der Waals surface area contributed by atoms with E-state index in [-0.39, 0.29) is 5.97 Å². The van der Waals surface area contributed by atoms with Crippen LogP contribution in [0.25, 0.3) is 21.3 Å². The molecule has 0 aliphatic rings. The fourth-order valence-electron chi connectivity index (χ4n) is 1.98. The van der Waals surface area contributed by atoms with E-state index in [2.05, 4.69) is 9.97 Å². The summed E-state index contributed by atoms with van der Waals surface area (Å²) in [6.07, 6.45) is 3.59. The molecule has 0 atom stereocenters. The van der Waals surface area contributed by atoms with Crippen molar-refractivity contribution in [3.63, 3.8) is 0 Å². The smallest absolute Gasteiger partial charge is 0.357 e.